The van der Waals surface area contributed by atoms with Crippen LogP contribution >= 0.6 is 0 Å². The molecule has 0 unspecified atom stereocenters. The van der Waals surface area contributed by atoms with Crippen molar-refractivity contribution < 1.29 is 14.7 Å². The Balaban J connectivity index is 1.41. The number of pyridine rings is 1. The lowest BCUT2D eigenvalue weighted by molar-refractivity contribution is -0.226. The Morgan fingerprint density at radius 3 is 2.38 bits per heavy atom. The van der Waals surface area contributed by atoms with Crippen molar-refractivity contribution in [2.75, 3.05) is 0 Å². The van der Waals surface area contributed by atoms with E-state index >= 15 is 0 Å². The van der Waals surface area contributed by atoms with Gasteiger partial charge in [-0.3, -0.25) is 14.6 Å². The fourth-order valence-electron chi connectivity index (χ4n) is 11.5. The second-order valence-electron chi connectivity index (χ2n) is 15.8. The van der Waals surface area contributed by atoms with E-state index in [9.17, 15) is 14.7 Å². The normalized spacial score (nSPS) is 44.0. The molecular formula is C35H50N2O3. The average molecular weight is 547 g/mol. The van der Waals surface area contributed by atoms with Crippen LogP contribution in [0.2, 0.25) is 0 Å². The van der Waals surface area contributed by atoms with Gasteiger partial charge in [0, 0.05) is 12.6 Å². The number of allylic oxidation sites excluding steroid dienone is 1. The van der Waals surface area contributed by atoms with Crippen molar-refractivity contribution in [3.05, 3.63) is 41.2 Å². The zero-order valence-corrected chi connectivity index (χ0v) is 25.8. The van der Waals surface area contributed by atoms with Crippen molar-refractivity contribution in [3.63, 3.8) is 0 Å². The van der Waals surface area contributed by atoms with Crippen LogP contribution in [0.1, 0.15) is 117 Å². The summed E-state index contributed by atoms with van der Waals surface area (Å²) in [5.41, 5.74) is 2.43. The van der Waals surface area contributed by atoms with E-state index in [1.165, 1.54) is 12.0 Å². The summed E-state index contributed by atoms with van der Waals surface area (Å²) in [6.45, 7) is 16.6. The number of nitrogens with zero attached hydrogens (tertiary/aromatic N) is 1. The molecule has 0 aromatic carbocycles. The van der Waals surface area contributed by atoms with E-state index in [2.05, 4.69) is 58.8 Å². The SMILES string of the molecule is CC(C)C1=C2[C@H]3CC[C@@H]4[C@@]5(C)CC[C@H](O)C(C)(C)[C@@H]5CC[C@@]4(C)[C@]3(C)CC[C@@]2(NC(=O)c2ccccn2)CC1=O. The van der Waals surface area contributed by atoms with E-state index in [1.807, 2.05) is 12.1 Å². The maximum absolute atomic E-state index is 13.7. The standard InChI is InChI=1S/C35H50N2O3/c1-21(2)28-24(38)20-35(37-30(40)23-10-8-9-19-36-23)18-17-33(6)22(29(28)35)11-12-26-32(5)15-14-27(39)31(3,4)25(32)13-16-34(26,33)7/h8-10,19,21-22,25-27,39H,11-18,20H2,1-7H3,(H,37,40)/t22-,25+,26-,27+,32+,33-,34-,35-/m1/s1. The molecule has 5 heteroatoms. The number of hydrogen-bond acceptors (Lipinski definition) is 4. The number of amides is 1. The van der Waals surface area contributed by atoms with Crippen LogP contribution in [0.25, 0.3) is 0 Å². The highest BCUT2D eigenvalue weighted by Gasteiger charge is 2.70. The van der Waals surface area contributed by atoms with Gasteiger partial charge in [0.15, 0.2) is 5.78 Å². The molecule has 5 nitrogen and oxygen atoms in total. The summed E-state index contributed by atoms with van der Waals surface area (Å²) in [5.74, 6) is 1.61. The van der Waals surface area contributed by atoms with Crippen molar-refractivity contribution in [1.29, 1.82) is 0 Å². The molecule has 0 spiro atoms. The highest BCUT2D eigenvalue weighted by atomic mass is 16.3. The summed E-state index contributed by atoms with van der Waals surface area (Å²) in [4.78, 5) is 31.6. The molecule has 0 aliphatic heterocycles. The zero-order valence-electron chi connectivity index (χ0n) is 25.8. The number of ketones is 1. The van der Waals surface area contributed by atoms with Gasteiger partial charge in [-0.2, -0.15) is 0 Å². The van der Waals surface area contributed by atoms with E-state index in [-0.39, 0.29) is 51.3 Å². The molecule has 5 aliphatic carbocycles. The Kier molecular flexibility index (Phi) is 6.32. The lowest BCUT2D eigenvalue weighted by atomic mass is 9.33. The Labute approximate surface area is 241 Å². The Bertz CT molecular complexity index is 1250. The Hall–Kier alpha value is -2.01. The van der Waals surface area contributed by atoms with Crippen LogP contribution in [0.5, 0.6) is 0 Å². The van der Waals surface area contributed by atoms with Crippen LogP contribution in [0.4, 0.5) is 0 Å². The molecule has 4 fully saturated rings. The van der Waals surface area contributed by atoms with Gasteiger partial charge in [0.05, 0.1) is 11.6 Å². The first-order valence-corrected chi connectivity index (χ1v) is 15.9. The number of fused-ring (bicyclic) bond motifs is 7. The monoisotopic (exact) mass is 546 g/mol. The third-order valence-electron chi connectivity index (χ3n) is 13.7. The summed E-state index contributed by atoms with van der Waals surface area (Å²) >= 11 is 0. The number of aliphatic hydroxyl groups excluding tert-OH is 1. The van der Waals surface area contributed by atoms with Crippen molar-refractivity contribution in [2.24, 2.45) is 45.3 Å². The van der Waals surface area contributed by atoms with Gasteiger partial charge in [0.25, 0.3) is 5.91 Å². The summed E-state index contributed by atoms with van der Waals surface area (Å²) < 4.78 is 0. The van der Waals surface area contributed by atoms with Gasteiger partial charge in [-0.05, 0) is 120 Å². The third kappa shape index (κ3) is 3.58. The number of aliphatic hydroxyl groups is 1. The predicted molar refractivity (Wildman–Crippen MR) is 157 cm³/mol. The zero-order chi connectivity index (χ0) is 28.9. The Morgan fingerprint density at radius 1 is 0.950 bits per heavy atom. The van der Waals surface area contributed by atoms with Crippen LogP contribution < -0.4 is 5.32 Å². The van der Waals surface area contributed by atoms with Crippen LogP contribution in [-0.2, 0) is 4.79 Å². The lowest BCUT2D eigenvalue weighted by Gasteiger charge is -2.72. The minimum Gasteiger partial charge on any atom is -0.393 e. The van der Waals surface area contributed by atoms with Gasteiger partial charge in [-0.1, -0.05) is 54.5 Å². The Morgan fingerprint density at radius 2 is 1.70 bits per heavy atom. The molecule has 218 valence electrons. The summed E-state index contributed by atoms with van der Waals surface area (Å²) in [6.07, 6.45) is 10.2. The third-order valence-corrected chi connectivity index (χ3v) is 13.7. The van der Waals surface area contributed by atoms with Crippen molar-refractivity contribution in [1.82, 2.24) is 10.3 Å². The molecule has 0 bridgehead atoms. The first-order valence-electron chi connectivity index (χ1n) is 15.9. The fourth-order valence-corrected chi connectivity index (χ4v) is 11.5. The van der Waals surface area contributed by atoms with Gasteiger partial charge in [0.2, 0.25) is 0 Å². The fraction of sp³-hybridized carbons (Fsp3) is 0.743. The first kappa shape index (κ1) is 28.1. The van der Waals surface area contributed by atoms with Gasteiger partial charge in [-0.15, -0.1) is 0 Å². The van der Waals surface area contributed by atoms with Crippen molar-refractivity contribution in [3.8, 4) is 0 Å². The summed E-state index contributed by atoms with van der Waals surface area (Å²) in [5, 5.41) is 14.4. The minimum atomic E-state index is -0.600. The van der Waals surface area contributed by atoms with Gasteiger partial charge in [-0.25, -0.2) is 0 Å². The largest absolute Gasteiger partial charge is 0.393 e. The molecule has 1 aromatic rings. The van der Waals surface area contributed by atoms with Crippen LogP contribution in [0.3, 0.4) is 0 Å². The molecule has 0 radical (unpaired) electrons. The molecule has 6 rings (SSSR count). The van der Waals surface area contributed by atoms with Crippen molar-refractivity contribution >= 4 is 11.7 Å². The molecule has 4 saturated carbocycles. The topological polar surface area (TPSA) is 79.3 Å². The number of nitrogens with one attached hydrogen (secondary N) is 1. The maximum atomic E-state index is 13.7. The second kappa shape index (κ2) is 8.99. The van der Waals surface area contributed by atoms with E-state index in [0.29, 0.717) is 24.0 Å². The number of carbonyl (C=O) groups is 2. The smallest absolute Gasteiger partial charge is 0.270 e. The quantitative estimate of drug-likeness (QED) is 0.432. The number of aromatic nitrogens is 1. The highest BCUT2D eigenvalue weighted by Crippen LogP contribution is 2.75. The molecule has 5 aliphatic rings. The predicted octanol–water partition coefficient (Wildman–Crippen LogP) is 6.91. The van der Waals surface area contributed by atoms with E-state index in [0.717, 1.165) is 50.5 Å². The number of carbonyl (C=O) groups excluding carboxylic acids is 2. The molecule has 0 saturated heterocycles. The summed E-state index contributed by atoms with van der Waals surface area (Å²) in [6, 6.07) is 5.43. The van der Waals surface area contributed by atoms with E-state index < -0.39 is 5.54 Å². The first-order chi connectivity index (χ1) is 18.7. The highest BCUT2D eigenvalue weighted by molar-refractivity contribution is 6.03. The number of Topliss-reactive ketones (excluding diaryl/α,β-unsaturated/α-hetero) is 1. The number of rotatable bonds is 3. The van der Waals surface area contributed by atoms with Gasteiger partial charge >= 0.3 is 0 Å². The molecule has 1 heterocycles. The van der Waals surface area contributed by atoms with Gasteiger partial charge in [0.1, 0.15) is 5.69 Å². The minimum absolute atomic E-state index is 0.0589. The average Bonchev–Trinajstić information content (AvgIpc) is 3.19. The number of hydrogen-bond donors (Lipinski definition) is 2. The molecule has 1 aromatic heterocycles. The summed E-state index contributed by atoms with van der Waals surface area (Å²) in [7, 11) is 0. The molecular weight excluding hydrogens is 496 g/mol. The lowest BCUT2D eigenvalue weighted by Crippen LogP contribution is -2.67. The van der Waals surface area contributed by atoms with E-state index in [4.69, 9.17) is 0 Å². The second-order valence-corrected chi connectivity index (χ2v) is 15.8. The molecule has 1 amide bonds. The van der Waals surface area contributed by atoms with Crippen LogP contribution in [-0.4, -0.2) is 33.4 Å². The molecule has 8 atom stereocenters. The molecule has 2 N–H and O–H groups in total. The maximum Gasteiger partial charge on any atom is 0.270 e. The van der Waals surface area contributed by atoms with Crippen LogP contribution in [0, 0.1) is 45.3 Å². The van der Waals surface area contributed by atoms with Gasteiger partial charge < -0.3 is 10.4 Å². The van der Waals surface area contributed by atoms with E-state index in [1.54, 1.807) is 12.3 Å². The van der Waals surface area contributed by atoms with Crippen molar-refractivity contribution in [2.45, 2.75) is 118 Å². The van der Waals surface area contributed by atoms with Crippen LogP contribution in [0.15, 0.2) is 35.5 Å². The molecule has 40 heavy (non-hydrogen) atoms.